The van der Waals surface area contributed by atoms with Crippen LogP contribution in [0.15, 0.2) is 30.7 Å². The summed E-state index contributed by atoms with van der Waals surface area (Å²) in [5, 5.41) is 0. The summed E-state index contributed by atoms with van der Waals surface area (Å²) in [6, 6.07) is 3.94. The van der Waals surface area contributed by atoms with Gasteiger partial charge in [-0.2, -0.15) is 0 Å². The van der Waals surface area contributed by atoms with E-state index in [9.17, 15) is 4.79 Å². The molecule has 1 aliphatic heterocycles. The van der Waals surface area contributed by atoms with Gasteiger partial charge in [0.2, 0.25) is 0 Å². The zero-order valence-corrected chi connectivity index (χ0v) is 14.4. The molecule has 0 unspecified atom stereocenters. The van der Waals surface area contributed by atoms with Gasteiger partial charge in [0, 0.05) is 24.5 Å². The van der Waals surface area contributed by atoms with Crippen LogP contribution in [-0.4, -0.2) is 40.5 Å². The normalized spacial score (nSPS) is 15.6. The first-order chi connectivity index (χ1) is 11.5. The Kier molecular flexibility index (Phi) is 4.13. The first kappa shape index (κ1) is 16.2. The molecule has 0 fully saturated rings. The molecule has 6 heteroatoms. The predicted molar refractivity (Wildman–Crippen MR) is 89.2 cm³/mol. The van der Waals surface area contributed by atoms with Gasteiger partial charge in [0.1, 0.15) is 5.69 Å². The quantitative estimate of drug-likeness (QED) is 0.866. The van der Waals surface area contributed by atoms with Crippen molar-refractivity contribution in [1.29, 1.82) is 0 Å². The Morgan fingerprint density at radius 3 is 2.38 bits per heavy atom. The molecule has 0 aliphatic carbocycles. The number of rotatable bonds is 3. The number of methoxy groups -OCH3 is 2. The average molecular weight is 327 g/mol. The summed E-state index contributed by atoms with van der Waals surface area (Å²) in [6.07, 6.45) is 5.33. The van der Waals surface area contributed by atoms with Crippen molar-refractivity contribution in [1.82, 2.24) is 14.9 Å². The third-order valence-corrected chi connectivity index (χ3v) is 4.42. The monoisotopic (exact) mass is 327 g/mol. The first-order valence-corrected chi connectivity index (χ1v) is 7.78. The second-order valence-electron chi connectivity index (χ2n) is 6.45. The largest absolute Gasteiger partial charge is 0.493 e. The molecule has 6 nitrogen and oxygen atoms in total. The standard InChI is InChI=1S/C18H21N3O3/c1-18(2)9-12-7-15(23-3)16(24-4)8-13(12)11-21(18)17(22)14-10-19-5-6-20-14/h5-8,10H,9,11H2,1-4H3. The maximum atomic E-state index is 12.9. The minimum atomic E-state index is -0.332. The Bertz CT molecular complexity index is 760. The molecule has 3 rings (SSSR count). The Labute approximate surface area is 141 Å². The fourth-order valence-electron chi connectivity index (χ4n) is 3.12. The van der Waals surface area contributed by atoms with Crippen LogP contribution in [0.2, 0.25) is 0 Å². The fraction of sp³-hybridized carbons (Fsp3) is 0.389. The van der Waals surface area contributed by atoms with E-state index in [1.807, 2.05) is 17.0 Å². The highest BCUT2D eigenvalue weighted by atomic mass is 16.5. The topological polar surface area (TPSA) is 64.6 Å². The molecule has 0 atom stereocenters. The second-order valence-corrected chi connectivity index (χ2v) is 6.45. The molecule has 0 spiro atoms. The van der Waals surface area contributed by atoms with Crippen LogP contribution in [0.1, 0.15) is 35.5 Å². The van der Waals surface area contributed by atoms with Crippen molar-refractivity contribution in [3.8, 4) is 11.5 Å². The third-order valence-electron chi connectivity index (χ3n) is 4.42. The van der Waals surface area contributed by atoms with Crippen LogP contribution in [-0.2, 0) is 13.0 Å². The molecule has 0 saturated carbocycles. The molecule has 1 aromatic carbocycles. The molecular formula is C18H21N3O3. The molecule has 1 aliphatic rings. The molecule has 2 heterocycles. The predicted octanol–water partition coefficient (Wildman–Crippen LogP) is 2.47. The maximum Gasteiger partial charge on any atom is 0.274 e. The highest BCUT2D eigenvalue weighted by molar-refractivity contribution is 5.92. The van der Waals surface area contributed by atoms with E-state index in [0.717, 1.165) is 12.0 Å². The minimum absolute atomic E-state index is 0.117. The van der Waals surface area contributed by atoms with Gasteiger partial charge in [-0.3, -0.25) is 9.78 Å². The SMILES string of the molecule is COc1cc2c(cc1OC)CC(C)(C)N(C(=O)c1cnccn1)C2. The van der Waals surface area contributed by atoms with Crippen molar-refractivity contribution < 1.29 is 14.3 Å². The summed E-state index contributed by atoms with van der Waals surface area (Å²) in [5.74, 6) is 1.26. The number of carbonyl (C=O) groups is 1. The van der Waals surface area contributed by atoms with Gasteiger partial charge in [0.15, 0.2) is 11.5 Å². The summed E-state index contributed by atoms with van der Waals surface area (Å²) in [7, 11) is 3.24. The average Bonchev–Trinajstić information content (AvgIpc) is 2.59. The van der Waals surface area contributed by atoms with Crippen LogP contribution in [0.25, 0.3) is 0 Å². The Morgan fingerprint density at radius 1 is 1.12 bits per heavy atom. The summed E-state index contributed by atoms with van der Waals surface area (Å²) in [5.41, 5.74) is 2.25. The van der Waals surface area contributed by atoms with E-state index >= 15 is 0 Å². The molecule has 24 heavy (non-hydrogen) atoms. The number of hydrogen-bond acceptors (Lipinski definition) is 5. The molecule has 2 aromatic rings. The van der Waals surface area contributed by atoms with Gasteiger partial charge in [0.25, 0.3) is 5.91 Å². The van der Waals surface area contributed by atoms with Crippen LogP contribution in [0.4, 0.5) is 0 Å². The summed E-state index contributed by atoms with van der Waals surface area (Å²) in [4.78, 5) is 22.8. The van der Waals surface area contributed by atoms with Crippen LogP contribution in [0.3, 0.4) is 0 Å². The zero-order chi connectivity index (χ0) is 17.3. The second kappa shape index (κ2) is 6.11. The molecule has 0 bridgehead atoms. The van der Waals surface area contributed by atoms with Gasteiger partial charge in [-0.15, -0.1) is 0 Å². The first-order valence-electron chi connectivity index (χ1n) is 7.78. The van der Waals surface area contributed by atoms with Crippen LogP contribution < -0.4 is 9.47 Å². The Balaban J connectivity index is 1.99. The van der Waals surface area contributed by atoms with Gasteiger partial charge >= 0.3 is 0 Å². The van der Waals surface area contributed by atoms with Crippen molar-refractivity contribution in [2.45, 2.75) is 32.4 Å². The number of ether oxygens (including phenoxy) is 2. The molecule has 1 amide bonds. The van der Waals surface area contributed by atoms with E-state index in [2.05, 4.69) is 23.8 Å². The van der Waals surface area contributed by atoms with Crippen LogP contribution in [0.5, 0.6) is 11.5 Å². The van der Waals surface area contributed by atoms with Gasteiger partial charge in [-0.25, -0.2) is 4.98 Å². The van der Waals surface area contributed by atoms with Crippen molar-refractivity contribution in [3.05, 3.63) is 47.5 Å². The maximum absolute atomic E-state index is 12.9. The lowest BCUT2D eigenvalue weighted by molar-refractivity contribution is 0.0481. The Hall–Kier alpha value is -2.63. The summed E-state index contributed by atoms with van der Waals surface area (Å²) < 4.78 is 10.8. The number of amides is 1. The van der Waals surface area contributed by atoms with Gasteiger partial charge in [-0.05, 0) is 43.5 Å². The number of carbonyl (C=O) groups excluding carboxylic acids is 1. The lowest BCUT2D eigenvalue weighted by Crippen LogP contribution is -2.51. The molecule has 0 radical (unpaired) electrons. The molecule has 1 aromatic heterocycles. The minimum Gasteiger partial charge on any atom is -0.493 e. The highest BCUT2D eigenvalue weighted by Crippen LogP contribution is 2.38. The Morgan fingerprint density at radius 2 is 1.79 bits per heavy atom. The number of nitrogens with zero attached hydrogens (tertiary/aromatic N) is 3. The number of hydrogen-bond donors (Lipinski definition) is 0. The van der Waals surface area contributed by atoms with E-state index in [4.69, 9.17) is 9.47 Å². The molecule has 126 valence electrons. The van der Waals surface area contributed by atoms with Crippen molar-refractivity contribution in [2.75, 3.05) is 14.2 Å². The fourth-order valence-corrected chi connectivity index (χ4v) is 3.12. The molecule has 0 N–H and O–H groups in total. The number of aromatic nitrogens is 2. The van der Waals surface area contributed by atoms with Crippen molar-refractivity contribution in [2.24, 2.45) is 0 Å². The molecule has 0 saturated heterocycles. The summed E-state index contributed by atoms with van der Waals surface area (Å²) in [6.45, 7) is 4.61. The lowest BCUT2D eigenvalue weighted by atomic mass is 9.85. The van der Waals surface area contributed by atoms with Gasteiger partial charge < -0.3 is 14.4 Å². The lowest BCUT2D eigenvalue weighted by Gasteiger charge is -2.43. The van der Waals surface area contributed by atoms with Gasteiger partial charge in [-0.1, -0.05) is 0 Å². The smallest absolute Gasteiger partial charge is 0.274 e. The van der Waals surface area contributed by atoms with E-state index in [1.54, 1.807) is 20.4 Å². The van der Waals surface area contributed by atoms with Crippen molar-refractivity contribution in [3.63, 3.8) is 0 Å². The summed E-state index contributed by atoms with van der Waals surface area (Å²) >= 11 is 0. The van der Waals surface area contributed by atoms with Crippen molar-refractivity contribution >= 4 is 5.91 Å². The van der Waals surface area contributed by atoms with E-state index in [-0.39, 0.29) is 11.4 Å². The van der Waals surface area contributed by atoms with Crippen LogP contribution in [0, 0.1) is 0 Å². The van der Waals surface area contributed by atoms with Gasteiger partial charge in [0.05, 0.1) is 20.4 Å². The van der Waals surface area contributed by atoms with E-state index in [1.165, 1.54) is 18.0 Å². The van der Waals surface area contributed by atoms with Crippen LogP contribution >= 0.6 is 0 Å². The third kappa shape index (κ3) is 2.79. The number of benzene rings is 1. The van der Waals surface area contributed by atoms with E-state index in [0.29, 0.717) is 23.7 Å². The zero-order valence-electron chi connectivity index (χ0n) is 14.4. The van der Waals surface area contributed by atoms with E-state index < -0.39 is 0 Å². The molecular weight excluding hydrogens is 306 g/mol. The number of fused-ring (bicyclic) bond motifs is 1. The highest BCUT2D eigenvalue weighted by Gasteiger charge is 2.37.